The Kier molecular flexibility index (Phi) is 15.1. The number of hydrogen-bond donors (Lipinski definition) is 1. The molecule has 0 radical (unpaired) electrons. The first-order chi connectivity index (χ1) is 9.70. The minimum Gasteiger partial charge on any atom is -0.385 e. The van der Waals surface area contributed by atoms with Crippen LogP contribution in [-0.4, -0.2) is 65.1 Å². The standard InChI is InChI=1S/C16H36N2O2/c1-16(2)15-17-9-6-5-7-10-18(12-14-20-4)11-8-13-19-3/h16-17H,5-15H2,1-4H3. The number of methoxy groups -OCH3 is 2. The summed E-state index contributed by atoms with van der Waals surface area (Å²) < 4.78 is 10.3. The SMILES string of the molecule is COCCCN(CCCCCNCC(C)C)CCOC. The summed E-state index contributed by atoms with van der Waals surface area (Å²) in [4.78, 5) is 2.49. The summed E-state index contributed by atoms with van der Waals surface area (Å²) in [5.74, 6) is 0.750. The van der Waals surface area contributed by atoms with Crippen molar-refractivity contribution in [3.63, 3.8) is 0 Å². The second-order valence-electron chi connectivity index (χ2n) is 5.84. The van der Waals surface area contributed by atoms with Crippen molar-refractivity contribution in [3.05, 3.63) is 0 Å². The summed E-state index contributed by atoms with van der Waals surface area (Å²) in [5.41, 5.74) is 0. The summed E-state index contributed by atoms with van der Waals surface area (Å²) >= 11 is 0. The quantitative estimate of drug-likeness (QED) is 0.469. The Balaban J connectivity index is 3.51. The predicted molar refractivity (Wildman–Crippen MR) is 86.4 cm³/mol. The van der Waals surface area contributed by atoms with E-state index in [2.05, 4.69) is 24.1 Å². The third kappa shape index (κ3) is 14.3. The van der Waals surface area contributed by atoms with Crippen molar-refractivity contribution >= 4 is 0 Å². The Morgan fingerprint density at radius 2 is 1.55 bits per heavy atom. The topological polar surface area (TPSA) is 33.7 Å². The molecule has 0 atom stereocenters. The zero-order valence-electron chi connectivity index (χ0n) is 14.1. The number of nitrogens with one attached hydrogen (secondary N) is 1. The van der Waals surface area contributed by atoms with Gasteiger partial charge in [0.25, 0.3) is 0 Å². The van der Waals surface area contributed by atoms with Crippen LogP contribution in [0.4, 0.5) is 0 Å². The highest BCUT2D eigenvalue weighted by Gasteiger charge is 2.04. The molecule has 0 aromatic carbocycles. The van der Waals surface area contributed by atoms with Crippen LogP contribution in [0.3, 0.4) is 0 Å². The van der Waals surface area contributed by atoms with Crippen molar-refractivity contribution in [2.24, 2.45) is 5.92 Å². The van der Waals surface area contributed by atoms with E-state index in [1.54, 1.807) is 14.2 Å². The van der Waals surface area contributed by atoms with Crippen LogP contribution in [0, 0.1) is 5.92 Å². The molecule has 1 N–H and O–H groups in total. The highest BCUT2D eigenvalue weighted by molar-refractivity contribution is 4.59. The molecule has 0 fully saturated rings. The van der Waals surface area contributed by atoms with Gasteiger partial charge in [-0.1, -0.05) is 20.3 Å². The molecule has 0 aromatic rings. The number of hydrogen-bond acceptors (Lipinski definition) is 4. The van der Waals surface area contributed by atoms with Crippen LogP contribution >= 0.6 is 0 Å². The van der Waals surface area contributed by atoms with Gasteiger partial charge in [-0.15, -0.1) is 0 Å². The van der Waals surface area contributed by atoms with E-state index < -0.39 is 0 Å². The first-order valence-electron chi connectivity index (χ1n) is 8.11. The van der Waals surface area contributed by atoms with E-state index >= 15 is 0 Å². The lowest BCUT2D eigenvalue weighted by atomic mass is 10.2. The summed E-state index contributed by atoms with van der Waals surface area (Å²) in [6, 6.07) is 0. The van der Waals surface area contributed by atoms with Gasteiger partial charge in [-0.05, 0) is 44.8 Å². The molecule has 0 rings (SSSR count). The van der Waals surface area contributed by atoms with Crippen molar-refractivity contribution < 1.29 is 9.47 Å². The fourth-order valence-electron chi connectivity index (χ4n) is 2.14. The van der Waals surface area contributed by atoms with E-state index in [1.165, 1.54) is 25.8 Å². The average molecular weight is 288 g/mol. The minimum atomic E-state index is 0.750. The van der Waals surface area contributed by atoms with Crippen molar-refractivity contribution in [1.82, 2.24) is 10.2 Å². The lowest BCUT2D eigenvalue weighted by molar-refractivity contribution is 0.131. The summed E-state index contributed by atoms with van der Waals surface area (Å²) in [6.07, 6.45) is 4.97. The summed E-state index contributed by atoms with van der Waals surface area (Å²) in [6.45, 7) is 11.8. The fraction of sp³-hybridized carbons (Fsp3) is 1.00. The van der Waals surface area contributed by atoms with Gasteiger partial charge < -0.3 is 19.7 Å². The van der Waals surface area contributed by atoms with E-state index in [4.69, 9.17) is 9.47 Å². The molecule has 4 heteroatoms. The van der Waals surface area contributed by atoms with Gasteiger partial charge in [0.15, 0.2) is 0 Å². The molecule has 122 valence electrons. The van der Waals surface area contributed by atoms with Crippen LogP contribution < -0.4 is 5.32 Å². The number of ether oxygens (including phenoxy) is 2. The van der Waals surface area contributed by atoms with Crippen molar-refractivity contribution in [2.45, 2.75) is 39.5 Å². The maximum absolute atomic E-state index is 5.18. The lowest BCUT2D eigenvalue weighted by Gasteiger charge is -2.21. The maximum atomic E-state index is 5.18. The van der Waals surface area contributed by atoms with Gasteiger partial charge in [-0.3, -0.25) is 0 Å². The van der Waals surface area contributed by atoms with Crippen LogP contribution in [0.2, 0.25) is 0 Å². The number of rotatable bonds is 15. The molecule has 0 amide bonds. The number of unbranched alkanes of at least 4 members (excludes halogenated alkanes) is 2. The first kappa shape index (κ1) is 19.8. The molecule has 0 aliphatic carbocycles. The second kappa shape index (κ2) is 15.2. The fourth-order valence-corrected chi connectivity index (χ4v) is 2.14. The minimum absolute atomic E-state index is 0.750. The van der Waals surface area contributed by atoms with Crippen LogP contribution in [0.1, 0.15) is 39.5 Å². The Morgan fingerprint density at radius 1 is 0.850 bits per heavy atom. The normalized spacial score (nSPS) is 11.7. The lowest BCUT2D eigenvalue weighted by Crippen LogP contribution is -2.30. The monoisotopic (exact) mass is 288 g/mol. The van der Waals surface area contributed by atoms with Crippen LogP contribution in [0.5, 0.6) is 0 Å². The Hall–Kier alpha value is -0.160. The van der Waals surface area contributed by atoms with E-state index in [9.17, 15) is 0 Å². The van der Waals surface area contributed by atoms with Crippen molar-refractivity contribution in [1.29, 1.82) is 0 Å². The van der Waals surface area contributed by atoms with E-state index in [1.807, 2.05) is 0 Å². The van der Waals surface area contributed by atoms with Crippen molar-refractivity contribution in [2.75, 3.05) is 60.2 Å². The maximum Gasteiger partial charge on any atom is 0.0589 e. The second-order valence-corrected chi connectivity index (χ2v) is 5.84. The molecule has 0 saturated carbocycles. The van der Waals surface area contributed by atoms with Gasteiger partial charge in [-0.25, -0.2) is 0 Å². The molecule has 0 aliphatic rings. The van der Waals surface area contributed by atoms with E-state index in [-0.39, 0.29) is 0 Å². The third-order valence-electron chi connectivity index (χ3n) is 3.31. The van der Waals surface area contributed by atoms with Gasteiger partial charge in [0, 0.05) is 33.9 Å². The number of nitrogens with zero attached hydrogens (tertiary/aromatic N) is 1. The molecule has 0 aliphatic heterocycles. The van der Waals surface area contributed by atoms with Crippen LogP contribution in [0.25, 0.3) is 0 Å². The van der Waals surface area contributed by atoms with Gasteiger partial charge in [-0.2, -0.15) is 0 Å². The van der Waals surface area contributed by atoms with E-state index in [0.29, 0.717) is 0 Å². The smallest absolute Gasteiger partial charge is 0.0589 e. The Morgan fingerprint density at radius 3 is 2.20 bits per heavy atom. The highest BCUT2D eigenvalue weighted by atomic mass is 16.5. The van der Waals surface area contributed by atoms with Gasteiger partial charge >= 0.3 is 0 Å². The molecule has 0 aromatic heterocycles. The van der Waals surface area contributed by atoms with Crippen molar-refractivity contribution in [3.8, 4) is 0 Å². The molecule has 0 spiro atoms. The molecule has 0 unspecified atom stereocenters. The molecular formula is C16H36N2O2. The highest BCUT2D eigenvalue weighted by Crippen LogP contribution is 2.00. The molecular weight excluding hydrogens is 252 g/mol. The largest absolute Gasteiger partial charge is 0.385 e. The molecule has 0 saturated heterocycles. The Bertz CT molecular complexity index is 189. The predicted octanol–water partition coefficient (Wildman–Crippen LogP) is 2.39. The molecule has 0 heterocycles. The molecule has 4 nitrogen and oxygen atoms in total. The van der Waals surface area contributed by atoms with Gasteiger partial charge in [0.2, 0.25) is 0 Å². The van der Waals surface area contributed by atoms with Gasteiger partial charge in [0.1, 0.15) is 0 Å². The summed E-state index contributed by atoms with van der Waals surface area (Å²) in [7, 11) is 3.54. The molecule has 20 heavy (non-hydrogen) atoms. The van der Waals surface area contributed by atoms with Crippen LogP contribution in [0.15, 0.2) is 0 Å². The first-order valence-corrected chi connectivity index (χ1v) is 8.11. The van der Waals surface area contributed by atoms with E-state index in [0.717, 1.165) is 51.7 Å². The Labute approximate surface area is 126 Å². The summed E-state index contributed by atoms with van der Waals surface area (Å²) in [5, 5.41) is 3.50. The average Bonchev–Trinajstić information content (AvgIpc) is 2.42. The third-order valence-corrected chi connectivity index (χ3v) is 3.31. The molecule has 0 bridgehead atoms. The van der Waals surface area contributed by atoms with Gasteiger partial charge in [0.05, 0.1) is 6.61 Å². The zero-order chi connectivity index (χ0) is 15.1. The zero-order valence-corrected chi connectivity index (χ0v) is 14.1. The van der Waals surface area contributed by atoms with Crippen LogP contribution in [-0.2, 0) is 9.47 Å².